The fraction of sp³-hybridized carbons (Fsp3) is 0.118. The number of carboxylic acids is 1. The van der Waals surface area contributed by atoms with E-state index in [1.165, 1.54) is 23.7 Å². The summed E-state index contributed by atoms with van der Waals surface area (Å²) in [7, 11) is 0. The molecule has 1 aromatic heterocycles. The first kappa shape index (κ1) is 17.0. The van der Waals surface area contributed by atoms with Crippen molar-refractivity contribution in [2.45, 2.75) is 15.5 Å². The van der Waals surface area contributed by atoms with Gasteiger partial charge >= 0.3 is 5.97 Å². The van der Waals surface area contributed by atoms with E-state index in [2.05, 4.69) is 4.72 Å². The van der Waals surface area contributed by atoms with Gasteiger partial charge in [0, 0.05) is 16.5 Å². The van der Waals surface area contributed by atoms with Crippen LogP contribution in [0.2, 0.25) is 0 Å². The summed E-state index contributed by atoms with van der Waals surface area (Å²) < 4.78 is 4.49. The van der Waals surface area contributed by atoms with Gasteiger partial charge in [-0.2, -0.15) is 0 Å². The second-order valence-electron chi connectivity index (χ2n) is 4.94. The number of thioether (sulfide) groups is 1. The largest absolute Gasteiger partial charge is 0.506 e. The fourth-order valence-corrected chi connectivity index (χ4v) is 4.61. The Balaban J connectivity index is 1.90. The van der Waals surface area contributed by atoms with Gasteiger partial charge in [-0.3, -0.25) is 4.79 Å². The molecule has 1 heterocycles. The third-order valence-corrected chi connectivity index (χ3v) is 6.20. The molecular weight excluding hydrogens is 362 g/mol. The van der Waals surface area contributed by atoms with Crippen molar-refractivity contribution in [3.63, 3.8) is 0 Å². The molecule has 0 saturated carbocycles. The number of hydrogen-bond acceptors (Lipinski definition) is 6. The average Bonchev–Trinajstić information content (AvgIpc) is 3.09. The lowest BCUT2D eigenvalue weighted by molar-refractivity contribution is -0.136. The van der Waals surface area contributed by atoms with Gasteiger partial charge in [0.2, 0.25) is 0 Å². The molecule has 0 aliphatic heterocycles. The standard InChI is InChI=1S/C17H15NO3S3/c19-15(20)7-9-22-14-10-13(18-24-16-6-3-8-23-16)11-4-1-2-5-12(11)17(14)21/h1-6,8,10,18,21H,7,9H2,(H,19,20). The van der Waals surface area contributed by atoms with Gasteiger partial charge in [0.05, 0.1) is 21.2 Å². The van der Waals surface area contributed by atoms with Gasteiger partial charge < -0.3 is 14.9 Å². The molecule has 3 aromatic rings. The molecule has 0 aliphatic carbocycles. The molecule has 3 N–H and O–H groups in total. The van der Waals surface area contributed by atoms with E-state index in [1.54, 1.807) is 11.3 Å². The van der Waals surface area contributed by atoms with Gasteiger partial charge in [0.1, 0.15) is 5.75 Å². The second-order valence-corrected chi connectivity index (χ2v) is 8.14. The summed E-state index contributed by atoms with van der Waals surface area (Å²) in [6.07, 6.45) is 0.0592. The van der Waals surface area contributed by atoms with Gasteiger partial charge in [-0.1, -0.05) is 30.3 Å². The molecule has 24 heavy (non-hydrogen) atoms. The van der Waals surface area contributed by atoms with Crippen LogP contribution in [-0.4, -0.2) is 21.9 Å². The Morgan fingerprint density at radius 3 is 2.67 bits per heavy atom. The van der Waals surface area contributed by atoms with Crippen molar-refractivity contribution in [2.24, 2.45) is 0 Å². The lowest BCUT2D eigenvalue weighted by atomic mass is 10.1. The van der Waals surface area contributed by atoms with Crippen molar-refractivity contribution in [1.82, 2.24) is 0 Å². The first-order valence-corrected chi connectivity index (χ1v) is 9.89. The number of aromatic hydroxyl groups is 1. The monoisotopic (exact) mass is 377 g/mol. The van der Waals surface area contributed by atoms with Crippen molar-refractivity contribution in [2.75, 3.05) is 10.5 Å². The number of fused-ring (bicyclic) bond motifs is 1. The van der Waals surface area contributed by atoms with Crippen LogP contribution in [0.5, 0.6) is 5.75 Å². The highest BCUT2D eigenvalue weighted by Gasteiger charge is 2.12. The predicted molar refractivity (Wildman–Crippen MR) is 102 cm³/mol. The molecular formula is C17H15NO3S3. The Bertz CT molecular complexity index is 850. The van der Waals surface area contributed by atoms with Crippen LogP contribution in [0.1, 0.15) is 6.42 Å². The van der Waals surface area contributed by atoms with E-state index in [0.717, 1.165) is 20.7 Å². The minimum absolute atomic E-state index is 0.0592. The van der Waals surface area contributed by atoms with Crippen LogP contribution in [0.3, 0.4) is 0 Å². The van der Waals surface area contributed by atoms with Gasteiger partial charge in [-0.05, 0) is 29.5 Å². The van der Waals surface area contributed by atoms with Gasteiger partial charge in [0.15, 0.2) is 0 Å². The van der Waals surface area contributed by atoms with Crippen LogP contribution >= 0.6 is 35.0 Å². The first-order chi connectivity index (χ1) is 11.6. The quantitative estimate of drug-likeness (QED) is 0.295. The SMILES string of the molecule is O=C(O)CCSc1cc(NSc2cccs2)c2ccccc2c1O. The number of carbonyl (C=O) groups is 1. The lowest BCUT2D eigenvalue weighted by Gasteiger charge is -2.13. The van der Waals surface area contributed by atoms with Crippen molar-refractivity contribution >= 4 is 57.5 Å². The normalized spacial score (nSPS) is 10.8. The number of benzene rings is 2. The minimum Gasteiger partial charge on any atom is -0.506 e. The van der Waals surface area contributed by atoms with Crippen LogP contribution in [-0.2, 0) is 4.79 Å². The maximum absolute atomic E-state index is 10.7. The highest BCUT2D eigenvalue weighted by Crippen LogP contribution is 2.41. The van der Waals surface area contributed by atoms with Gasteiger partial charge in [-0.25, -0.2) is 0 Å². The van der Waals surface area contributed by atoms with Crippen molar-refractivity contribution < 1.29 is 15.0 Å². The Hall–Kier alpha value is -1.83. The summed E-state index contributed by atoms with van der Waals surface area (Å²) in [4.78, 5) is 11.4. The molecule has 0 radical (unpaired) electrons. The number of nitrogens with one attached hydrogen (secondary N) is 1. The van der Waals surface area contributed by atoms with Crippen molar-refractivity contribution in [1.29, 1.82) is 0 Å². The molecule has 0 amide bonds. The zero-order chi connectivity index (χ0) is 16.9. The molecule has 7 heteroatoms. The van der Waals surface area contributed by atoms with E-state index in [9.17, 15) is 9.90 Å². The number of phenols is 1. The molecule has 0 unspecified atom stereocenters. The number of anilines is 1. The molecule has 4 nitrogen and oxygen atoms in total. The third-order valence-electron chi connectivity index (χ3n) is 3.31. The maximum Gasteiger partial charge on any atom is 0.304 e. The third kappa shape index (κ3) is 3.98. The van der Waals surface area contributed by atoms with Gasteiger partial charge in [0.25, 0.3) is 0 Å². The van der Waals surface area contributed by atoms with E-state index in [-0.39, 0.29) is 12.2 Å². The highest BCUT2D eigenvalue weighted by atomic mass is 32.2. The topological polar surface area (TPSA) is 69.6 Å². The molecule has 3 rings (SSSR count). The Morgan fingerprint density at radius 1 is 1.17 bits per heavy atom. The summed E-state index contributed by atoms with van der Waals surface area (Å²) in [6, 6.07) is 13.5. The molecule has 0 aliphatic rings. The smallest absolute Gasteiger partial charge is 0.304 e. The number of rotatable bonds is 7. The van der Waals surface area contributed by atoms with Gasteiger partial charge in [-0.15, -0.1) is 23.1 Å². The van der Waals surface area contributed by atoms with E-state index in [0.29, 0.717) is 10.6 Å². The summed E-state index contributed by atoms with van der Waals surface area (Å²) in [5, 5.41) is 23.0. The van der Waals surface area contributed by atoms with E-state index in [4.69, 9.17) is 5.11 Å². The maximum atomic E-state index is 10.7. The molecule has 0 atom stereocenters. The van der Waals surface area contributed by atoms with E-state index >= 15 is 0 Å². The van der Waals surface area contributed by atoms with E-state index in [1.807, 2.05) is 47.8 Å². The molecule has 0 bridgehead atoms. The number of carboxylic acid groups (broad SMARTS) is 1. The molecule has 0 saturated heterocycles. The van der Waals surface area contributed by atoms with Crippen LogP contribution in [0.4, 0.5) is 5.69 Å². The zero-order valence-corrected chi connectivity index (χ0v) is 15.0. The summed E-state index contributed by atoms with van der Waals surface area (Å²) in [5.74, 6) is -0.222. The second kappa shape index (κ2) is 7.83. The Kier molecular flexibility index (Phi) is 5.55. The van der Waals surface area contributed by atoms with Crippen LogP contribution < -0.4 is 4.72 Å². The highest BCUT2D eigenvalue weighted by molar-refractivity contribution is 8.02. The molecule has 2 aromatic carbocycles. The minimum atomic E-state index is -0.839. The Labute approximate surface area is 152 Å². The number of hydrogen-bond donors (Lipinski definition) is 3. The summed E-state index contributed by atoms with van der Waals surface area (Å²) >= 11 is 4.52. The fourth-order valence-electron chi connectivity index (χ4n) is 2.20. The zero-order valence-electron chi connectivity index (χ0n) is 12.6. The van der Waals surface area contributed by atoms with Crippen LogP contribution in [0.15, 0.2) is 56.9 Å². The van der Waals surface area contributed by atoms with Crippen molar-refractivity contribution in [3.05, 3.63) is 47.8 Å². The lowest BCUT2D eigenvalue weighted by Crippen LogP contribution is -1.96. The molecule has 0 fully saturated rings. The van der Waals surface area contributed by atoms with Crippen LogP contribution in [0, 0.1) is 0 Å². The summed E-state index contributed by atoms with van der Waals surface area (Å²) in [6.45, 7) is 0. The first-order valence-electron chi connectivity index (χ1n) is 7.21. The molecule has 0 spiro atoms. The average molecular weight is 378 g/mol. The Morgan fingerprint density at radius 2 is 1.96 bits per heavy atom. The number of thiophene rings is 1. The van der Waals surface area contributed by atoms with Crippen molar-refractivity contribution in [3.8, 4) is 5.75 Å². The summed E-state index contributed by atoms with van der Waals surface area (Å²) in [5.41, 5.74) is 0.902. The molecule has 124 valence electrons. The van der Waals surface area contributed by atoms with E-state index < -0.39 is 5.97 Å². The van der Waals surface area contributed by atoms with Crippen LogP contribution in [0.25, 0.3) is 10.8 Å². The predicted octanol–water partition coefficient (Wildman–Crippen LogP) is 5.29. The number of aliphatic carboxylic acids is 1. The number of phenolic OH excluding ortho intramolecular Hbond substituents is 1.